The van der Waals surface area contributed by atoms with Crippen LogP contribution >= 0.6 is 11.6 Å². The second-order valence-electron chi connectivity index (χ2n) is 3.31. The van der Waals surface area contributed by atoms with E-state index in [0.29, 0.717) is 17.2 Å². The van der Waals surface area contributed by atoms with Crippen molar-refractivity contribution >= 4 is 22.7 Å². The highest BCUT2D eigenvalue weighted by Gasteiger charge is 2.15. The molecule has 0 N–H and O–H groups in total. The number of anilines is 1. The first-order valence-corrected chi connectivity index (χ1v) is 5.04. The quantitative estimate of drug-likeness (QED) is 0.605. The summed E-state index contributed by atoms with van der Waals surface area (Å²) in [6, 6.07) is 3.51. The molecule has 5 heteroatoms. The molecule has 1 amide bonds. The van der Waals surface area contributed by atoms with Crippen LogP contribution in [-0.2, 0) is 0 Å². The van der Waals surface area contributed by atoms with Crippen LogP contribution < -0.4 is 14.4 Å². The van der Waals surface area contributed by atoms with Gasteiger partial charge in [0.05, 0.1) is 19.9 Å². The van der Waals surface area contributed by atoms with Crippen molar-refractivity contribution in [1.29, 1.82) is 0 Å². The molecular formula is C11H14ClNO3. The molecule has 1 rings (SSSR count). The van der Waals surface area contributed by atoms with Crippen molar-refractivity contribution in [2.24, 2.45) is 0 Å². The van der Waals surface area contributed by atoms with Crippen molar-refractivity contribution in [2.45, 2.75) is 6.92 Å². The summed E-state index contributed by atoms with van der Waals surface area (Å²) in [6.45, 7) is 1.90. The number of hydrogen-bond donors (Lipinski definition) is 0. The number of carbonyl (C=O) groups excluding carboxylic acids is 1. The van der Waals surface area contributed by atoms with E-state index in [-0.39, 0.29) is 0 Å². The fourth-order valence-corrected chi connectivity index (χ4v) is 1.48. The van der Waals surface area contributed by atoms with Crippen LogP contribution in [0.5, 0.6) is 11.5 Å². The van der Waals surface area contributed by atoms with Crippen LogP contribution in [0.1, 0.15) is 5.56 Å². The van der Waals surface area contributed by atoms with E-state index in [9.17, 15) is 4.79 Å². The molecule has 0 aliphatic rings. The summed E-state index contributed by atoms with van der Waals surface area (Å²) in [7, 11) is 4.68. The van der Waals surface area contributed by atoms with E-state index in [1.807, 2.05) is 6.92 Å². The number of nitrogens with zero attached hydrogens (tertiary/aromatic N) is 1. The Morgan fingerprint density at radius 1 is 1.25 bits per heavy atom. The lowest BCUT2D eigenvalue weighted by atomic mass is 10.1. The van der Waals surface area contributed by atoms with E-state index in [4.69, 9.17) is 21.1 Å². The normalized spacial score (nSPS) is 9.81. The fraction of sp³-hybridized carbons (Fsp3) is 0.364. The molecule has 1 aromatic carbocycles. The van der Waals surface area contributed by atoms with E-state index in [2.05, 4.69) is 0 Å². The minimum atomic E-state index is -0.579. The van der Waals surface area contributed by atoms with E-state index in [1.165, 1.54) is 12.0 Å². The molecule has 0 atom stereocenters. The van der Waals surface area contributed by atoms with Crippen molar-refractivity contribution in [2.75, 3.05) is 26.2 Å². The summed E-state index contributed by atoms with van der Waals surface area (Å²) in [6.07, 6.45) is 0. The van der Waals surface area contributed by atoms with Gasteiger partial charge in [-0.1, -0.05) is 0 Å². The number of aryl methyl sites for hydroxylation is 1. The van der Waals surface area contributed by atoms with Crippen molar-refractivity contribution in [3.8, 4) is 11.5 Å². The van der Waals surface area contributed by atoms with E-state index in [0.717, 1.165) is 5.56 Å². The summed E-state index contributed by atoms with van der Waals surface area (Å²) >= 11 is 5.42. The van der Waals surface area contributed by atoms with Crippen LogP contribution in [0.4, 0.5) is 10.5 Å². The first-order chi connectivity index (χ1) is 7.51. The Morgan fingerprint density at radius 2 is 1.81 bits per heavy atom. The van der Waals surface area contributed by atoms with Crippen LogP contribution in [-0.4, -0.2) is 26.6 Å². The first kappa shape index (κ1) is 12.6. The molecule has 4 nitrogen and oxygen atoms in total. The minimum Gasteiger partial charge on any atom is -0.496 e. The third-order valence-electron chi connectivity index (χ3n) is 2.32. The monoisotopic (exact) mass is 243 g/mol. The average molecular weight is 244 g/mol. The number of hydrogen-bond acceptors (Lipinski definition) is 3. The average Bonchev–Trinajstić information content (AvgIpc) is 2.27. The molecular weight excluding hydrogens is 230 g/mol. The molecule has 0 radical (unpaired) electrons. The van der Waals surface area contributed by atoms with Gasteiger partial charge < -0.3 is 9.47 Å². The van der Waals surface area contributed by atoms with E-state index < -0.39 is 5.37 Å². The van der Waals surface area contributed by atoms with Gasteiger partial charge in [0.25, 0.3) is 0 Å². The van der Waals surface area contributed by atoms with Gasteiger partial charge in [-0.15, -0.1) is 0 Å². The fourth-order valence-electron chi connectivity index (χ4n) is 1.39. The molecule has 0 spiro atoms. The second-order valence-corrected chi connectivity index (χ2v) is 3.63. The number of methoxy groups -OCH3 is 2. The van der Waals surface area contributed by atoms with Crippen molar-refractivity contribution < 1.29 is 14.3 Å². The molecule has 0 fully saturated rings. The maximum Gasteiger partial charge on any atom is 0.320 e. The first-order valence-electron chi connectivity index (χ1n) is 4.67. The maximum atomic E-state index is 11.1. The summed E-state index contributed by atoms with van der Waals surface area (Å²) < 4.78 is 10.4. The summed E-state index contributed by atoms with van der Waals surface area (Å²) in [5.41, 5.74) is 1.50. The van der Waals surface area contributed by atoms with Crippen LogP contribution in [0.3, 0.4) is 0 Å². The van der Waals surface area contributed by atoms with Gasteiger partial charge in [0.2, 0.25) is 0 Å². The van der Waals surface area contributed by atoms with Gasteiger partial charge >= 0.3 is 5.37 Å². The van der Waals surface area contributed by atoms with Gasteiger partial charge in [0, 0.05) is 13.1 Å². The van der Waals surface area contributed by atoms with Gasteiger partial charge in [0.15, 0.2) is 0 Å². The number of benzene rings is 1. The molecule has 0 aliphatic heterocycles. The zero-order chi connectivity index (χ0) is 12.3. The zero-order valence-electron chi connectivity index (χ0n) is 9.70. The molecule has 88 valence electrons. The van der Waals surface area contributed by atoms with Gasteiger partial charge in [-0.05, 0) is 30.2 Å². The highest BCUT2D eigenvalue weighted by molar-refractivity contribution is 6.66. The summed E-state index contributed by atoms with van der Waals surface area (Å²) in [5.74, 6) is 1.26. The molecule has 0 saturated heterocycles. The Morgan fingerprint density at radius 3 is 2.25 bits per heavy atom. The molecule has 0 aliphatic carbocycles. The predicted molar refractivity (Wildman–Crippen MR) is 63.9 cm³/mol. The van der Waals surface area contributed by atoms with Gasteiger partial charge in [0.1, 0.15) is 11.5 Å². The molecule has 0 heterocycles. The van der Waals surface area contributed by atoms with Crippen molar-refractivity contribution in [3.05, 3.63) is 17.7 Å². The molecule has 0 saturated carbocycles. The lowest BCUT2D eigenvalue weighted by Gasteiger charge is -2.19. The predicted octanol–water partition coefficient (Wildman–Crippen LogP) is 2.81. The maximum absolute atomic E-state index is 11.1. The topological polar surface area (TPSA) is 38.8 Å². The highest BCUT2D eigenvalue weighted by atomic mass is 35.5. The Kier molecular flexibility index (Phi) is 4.01. The zero-order valence-corrected chi connectivity index (χ0v) is 10.5. The standard InChI is InChI=1S/C11H14ClNO3/c1-7-5-10(16-4)8(6-9(7)15-3)13(2)11(12)14/h5-6H,1-4H3. The van der Waals surface area contributed by atoms with Crippen LogP contribution in [0, 0.1) is 6.92 Å². The Hall–Kier alpha value is -1.42. The van der Waals surface area contributed by atoms with Gasteiger partial charge in [-0.2, -0.15) is 0 Å². The van der Waals surface area contributed by atoms with Crippen molar-refractivity contribution in [1.82, 2.24) is 0 Å². The number of rotatable bonds is 3. The molecule has 0 aromatic heterocycles. The van der Waals surface area contributed by atoms with Gasteiger partial charge in [-0.25, -0.2) is 0 Å². The Labute approximate surface area is 99.7 Å². The van der Waals surface area contributed by atoms with Crippen molar-refractivity contribution in [3.63, 3.8) is 0 Å². The Balaban J connectivity index is 3.29. The molecule has 0 unspecified atom stereocenters. The van der Waals surface area contributed by atoms with Crippen LogP contribution in [0.25, 0.3) is 0 Å². The number of carbonyl (C=O) groups is 1. The summed E-state index contributed by atoms with van der Waals surface area (Å²) in [4.78, 5) is 12.4. The SMILES string of the molecule is COc1cc(N(C)C(=O)Cl)c(OC)cc1C. The lowest BCUT2D eigenvalue weighted by Crippen LogP contribution is -2.20. The van der Waals surface area contributed by atoms with Gasteiger partial charge in [-0.3, -0.25) is 9.69 Å². The Bertz CT molecular complexity index is 406. The smallest absolute Gasteiger partial charge is 0.320 e. The summed E-state index contributed by atoms with van der Waals surface area (Å²) in [5, 5.41) is -0.579. The van der Waals surface area contributed by atoms with E-state index in [1.54, 1.807) is 26.3 Å². The highest BCUT2D eigenvalue weighted by Crippen LogP contribution is 2.34. The molecule has 1 aromatic rings. The molecule has 0 bridgehead atoms. The number of ether oxygens (including phenoxy) is 2. The number of halogens is 1. The van der Waals surface area contributed by atoms with E-state index >= 15 is 0 Å². The van der Waals surface area contributed by atoms with Crippen LogP contribution in [0.2, 0.25) is 0 Å². The third kappa shape index (κ3) is 2.39. The third-order valence-corrected chi connectivity index (χ3v) is 2.57. The second kappa shape index (κ2) is 5.07. The largest absolute Gasteiger partial charge is 0.496 e. The minimum absolute atomic E-state index is 0.574. The molecule has 16 heavy (non-hydrogen) atoms. The number of amides is 1. The van der Waals surface area contributed by atoms with Crippen LogP contribution in [0.15, 0.2) is 12.1 Å². The lowest BCUT2D eigenvalue weighted by molar-refractivity contribution is 0.265.